The first-order valence-electron chi connectivity index (χ1n) is 8.15. The average Bonchev–Trinajstić information content (AvgIpc) is 3.32. The van der Waals surface area contributed by atoms with Gasteiger partial charge >= 0.3 is 0 Å². The Morgan fingerprint density at radius 1 is 1.31 bits per heavy atom. The molecule has 0 unspecified atom stereocenters. The van der Waals surface area contributed by atoms with Crippen LogP contribution in [0.4, 0.5) is 0 Å². The first-order chi connectivity index (χ1) is 12.7. The Balaban J connectivity index is 1.59. The Morgan fingerprint density at radius 3 is 2.81 bits per heavy atom. The number of nitrogens with zero attached hydrogens (tertiary/aromatic N) is 3. The fraction of sp³-hybridized carbons (Fsp3) is 0.211. The lowest BCUT2D eigenvalue weighted by atomic mass is 10.2. The zero-order valence-electron chi connectivity index (χ0n) is 14.1. The molecular weight excluding hydrogens is 370 g/mol. The number of rotatable bonds is 8. The van der Waals surface area contributed by atoms with E-state index in [4.69, 9.17) is 16.1 Å². The molecule has 7 heteroatoms. The summed E-state index contributed by atoms with van der Waals surface area (Å²) in [7, 11) is 0. The molecular formula is C19H18ClN3O2S. The van der Waals surface area contributed by atoms with Crippen LogP contribution in [-0.2, 0) is 17.8 Å². The Bertz CT molecular complexity index is 859. The molecule has 3 rings (SSSR count). The summed E-state index contributed by atoms with van der Waals surface area (Å²) in [5.41, 5.74) is 0.821. The van der Waals surface area contributed by atoms with Crippen LogP contribution in [0, 0.1) is 0 Å². The number of carbonyl (C=O) groups excluding carboxylic acids is 1. The van der Waals surface area contributed by atoms with Gasteiger partial charge in [0.15, 0.2) is 0 Å². The predicted octanol–water partition coefficient (Wildman–Crippen LogP) is 4.60. The summed E-state index contributed by atoms with van der Waals surface area (Å²) in [4.78, 5) is 19.8. The molecule has 0 bridgehead atoms. The third-order valence-corrected chi connectivity index (χ3v) is 4.87. The minimum absolute atomic E-state index is 0.0320. The summed E-state index contributed by atoms with van der Waals surface area (Å²) in [6, 6.07) is 11.2. The fourth-order valence-electron chi connectivity index (χ4n) is 2.45. The van der Waals surface area contributed by atoms with E-state index in [1.54, 1.807) is 34.4 Å². The lowest BCUT2D eigenvalue weighted by Crippen LogP contribution is -2.30. The smallest absolute Gasteiger partial charge is 0.227 e. The van der Waals surface area contributed by atoms with Crippen LogP contribution in [0.5, 0.6) is 0 Å². The zero-order valence-corrected chi connectivity index (χ0v) is 15.7. The number of aryl methyl sites for hydroxylation is 1. The van der Waals surface area contributed by atoms with E-state index in [1.165, 1.54) is 0 Å². The highest BCUT2D eigenvalue weighted by atomic mass is 35.5. The Hall–Kier alpha value is -2.44. The molecule has 0 aliphatic rings. The summed E-state index contributed by atoms with van der Waals surface area (Å²) in [5, 5.41) is 6.62. The van der Waals surface area contributed by atoms with E-state index in [1.807, 2.05) is 29.6 Å². The molecule has 2 aromatic heterocycles. The van der Waals surface area contributed by atoms with Gasteiger partial charge in [0.1, 0.15) is 0 Å². The van der Waals surface area contributed by atoms with Crippen molar-refractivity contribution in [2.24, 2.45) is 0 Å². The lowest BCUT2D eigenvalue weighted by Gasteiger charge is -2.20. The second-order valence-electron chi connectivity index (χ2n) is 5.66. The van der Waals surface area contributed by atoms with Crippen LogP contribution in [0.25, 0.3) is 11.4 Å². The van der Waals surface area contributed by atoms with Crippen molar-refractivity contribution in [1.82, 2.24) is 15.0 Å². The molecule has 0 aliphatic heterocycles. The van der Waals surface area contributed by atoms with Crippen molar-refractivity contribution in [3.05, 3.63) is 70.2 Å². The molecule has 0 fully saturated rings. The van der Waals surface area contributed by atoms with E-state index in [0.717, 1.165) is 10.4 Å². The fourth-order valence-corrected chi connectivity index (χ4v) is 3.29. The molecule has 134 valence electrons. The maximum absolute atomic E-state index is 12.5. The van der Waals surface area contributed by atoms with Gasteiger partial charge in [-0.2, -0.15) is 4.98 Å². The monoisotopic (exact) mass is 387 g/mol. The predicted molar refractivity (Wildman–Crippen MR) is 103 cm³/mol. The van der Waals surface area contributed by atoms with Gasteiger partial charge in [0.05, 0.1) is 6.54 Å². The molecule has 0 radical (unpaired) electrons. The van der Waals surface area contributed by atoms with Gasteiger partial charge in [0, 0.05) is 34.8 Å². The van der Waals surface area contributed by atoms with E-state index < -0.39 is 0 Å². The Labute approximate surface area is 160 Å². The van der Waals surface area contributed by atoms with Gasteiger partial charge in [0.25, 0.3) is 0 Å². The van der Waals surface area contributed by atoms with Gasteiger partial charge in [-0.1, -0.05) is 28.9 Å². The van der Waals surface area contributed by atoms with Crippen LogP contribution in [0.3, 0.4) is 0 Å². The summed E-state index contributed by atoms with van der Waals surface area (Å²) >= 11 is 7.51. The molecule has 26 heavy (non-hydrogen) atoms. The SMILES string of the molecule is C=CCN(Cc1cccs1)C(=O)CCc1nc(-c2ccc(Cl)cc2)no1. The number of benzene rings is 1. The molecule has 0 spiro atoms. The minimum Gasteiger partial charge on any atom is -0.339 e. The highest BCUT2D eigenvalue weighted by Gasteiger charge is 2.16. The van der Waals surface area contributed by atoms with Crippen molar-refractivity contribution in [3.8, 4) is 11.4 Å². The molecule has 1 aromatic carbocycles. The van der Waals surface area contributed by atoms with Gasteiger partial charge in [0.2, 0.25) is 17.6 Å². The third kappa shape index (κ3) is 4.80. The van der Waals surface area contributed by atoms with E-state index in [2.05, 4.69) is 16.7 Å². The number of aromatic nitrogens is 2. The van der Waals surface area contributed by atoms with Gasteiger partial charge in [-0.15, -0.1) is 17.9 Å². The molecule has 2 heterocycles. The first-order valence-corrected chi connectivity index (χ1v) is 9.41. The van der Waals surface area contributed by atoms with Crippen LogP contribution in [0.2, 0.25) is 5.02 Å². The first kappa shape index (κ1) is 18.4. The molecule has 0 aliphatic carbocycles. The molecule has 0 atom stereocenters. The van der Waals surface area contributed by atoms with Crippen molar-refractivity contribution >= 4 is 28.8 Å². The summed E-state index contributed by atoms with van der Waals surface area (Å²) in [5.74, 6) is 0.966. The quantitative estimate of drug-likeness (QED) is 0.530. The van der Waals surface area contributed by atoms with Crippen LogP contribution in [-0.4, -0.2) is 27.5 Å². The largest absolute Gasteiger partial charge is 0.339 e. The molecule has 0 N–H and O–H groups in total. The molecule has 0 saturated heterocycles. The topological polar surface area (TPSA) is 59.2 Å². The number of hydrogen-bond acceptors (Lipinski definition) is 5. The van der Waals surface area contributed by atoms with Crippen LogP contribution < -0.4 is 0 Å². The zero-order chi connectivity index (χ0) is 18.4. The van der Waals surface area contributed by atoms with Crippen LogP contribution in [0.1, 0.15) is 17.2 Å². The lowest BCUT2D eigenvalue weighted by molar-refractivity contribution is -0.131. The van der Waals surface area contributed by atoms with Crippen LogP contribution in [0.15, 0.2) is 59.0 Å². The van der Waals surface area contributed by atoms with Gasteiger partial charge in [-0.05, 0) is 35.7 Å². The number of carbonyl (C=O) groups is 1. The van der Waals surface area contributed by atoms with E-state index >= 15 is 0 Å². The van der Waals surface area contributed by atoms with E-state index in [-0.39, 0.29) is 5.91 Å². The van der Waals surface area contributed by atoms with Crippen LogP contribution >= 0.6 is 22.9 Å². The summed E-state index contributed by atoms with van der Waals surface area (Å²) in [6.07, 6.45) is 2.44. The number of hydrogen-bond donors (Lipinski definition) is 0. The Morgan fingerprint density at radius 2 is 2.12 bits per heavy atom. The van der Waals surface area contributed by atoms with Gasteiger partial charge in [-0.25, -0.2) is 0 Å². The van der Waals surface area contributed by atoms with Crippen molar-refractivity contribution < 1.29 is 9.32 Å². The molecule has 5 nitrogen and oxygen atoms in total. The van der Waals surface area contributed by atoms with Gasteiger partial charge < -0.3 is 9.42 Å². The number of amides is 1. The Kier molecular flexibility index (Phi) is 6.20. The maximum Gasteiger partial charge on any atom is 0.227 e. The van der Waals surface area contributed by atoms with Crippen molar-refractivity contribution in [2.45, 2.75) is 19.4 Å². The van der Waals surface area contributed by atoms with E-state index in [9.17, 15) is 4.79 Å². The average molecular weight is 388 g/mol. The summed E-state index contributed by atoms with van der Waals surface area (Å²) in [6.45, 7) is 4.83. The van der Waals surface area contributed by atoms with Crippen molar-refractivity contribution in [2.75, 3.05) is 6.54 Å². The minimum atomic E-state index is 0.0320. The van der Waals surface area contributed by atoms with Gasteiger partial charge in [-0.3, -0.25) is 4.79 Å². The highest BCUT2D eigenvalue weighted by Crippen LogP contribution is 2.19. The highest BCUT2D eigenvalue weighted by molar-refractivity contribution is 7.09. The second kappa shape index (κ2) is 8.78. The summed E-state index contributed by atoms with van der Waals surface area (Å²) < 4.78 is 5.26. The molecule has 3 aromatic rings. The standard InChI is InChI=1S/C19H18ClN3O2S/c1-2-11-23(13-16-4-3-12-26-16)18(24)10-9-17-21-19(22-25-17)14-5-7-15(20)8-6-14/h2-8,12H,1,9-11,13H2. The molecule has 0 saturated carbocycles. The number of thiophene rings is 1. The van der Waals surface area contributed by atoms with Crippen molar-refractivity contribution in [3.63, 3.8) is 0 Å². The van der Waals surface area contributed by atoms with Crippen molar-refractivity contribution in [1.29, 1.82) is 0 Å². The van der Waals surface area contributed by atoms with E-state index in [0.29, 0.717) is 42.7 Å². The maximum atomic E-state index is 12.5. The number of halogens is 1. The third-order valence-electron chi connectivity index (χ3n) is 3.75. The normalized spacial score (nSPS) is 10.7. The molecule has 1 amide bonds. The second-order valence-corrected chi connectivity index (χ2v) is 7.13.